The second kappa shape index (κ2) is 8.60. The van der Waals surface area contributed by atoms with E-state index in [-0.39, 0.29) is 5.91 Å². The zero-order chi connectivity index (χ0) is 21.8. The van der Waals surface area contributed by atoms with Crippen LogP contribution in [0.15, 0.2) is 89.9 Å². The molecule has 150 valence electrons. The first-order valence-corrected chi connectivity index (χ1v) is 9.83. The molecule has 1 heterocycles. The Bertz CT molecular complexity index is 1230. The van der Waals surface area contributed by atoms with E-state index in [1.54, 1.807) is 42.5 Å². The van der Waals surface area contributed by atoms with Crippen LogP contribution in [0.3, 0.4) is 0 Å². The molecule has 3 aromatic rings. The van der Waals surface area contributed by atoms with Crippen molar-refractivity contribution in [3.8, 4) is 6.07 Å². The molecule has 31 heavy (non-hydrogen) atoms. The van der Waals surface area contributed by atoms with Gasteiger partial charge in [0.1, 0.15) is 0 Å². The molecule has 1 aliphatic rings. The maximum absolute atomic E-state index is 12.5. The second-order valence-electron chi connectivity index (χ2n) is 7.26. The van der Waals surface area contributed by atoms with Crippen LogP contribution in [0.2, 0.25) is 0 Å². The smallest absolute Gasteiger partial charge is 0.268 e. The fourth-order valence-corrected chi connectivity index (χ4v) is 3.36. The summed E-state index contributed by atoms with van der Waals surface area (Å²) in [4.78, 5) is 29.0. The summed E-state index contributed by atoms with van der Waals surface area (Å²) in [7, 11) is 0. The number of rotatable bonds is 4. The van der Waals surface area contributed by atoms with E-state index in [1.807, 2.05) is 49.4 Å². The topological polar surface area (TPSA) is 82.3 Å². The van der Waals surface area contributed by atoms with Crippen molar-refractivity contribution in [1.82, 2.24) is 0 Å². The largest absolute Gasteiger partial charge is 0.322 e. The van der Waals surface area contributed by atoms with Gasteiger partial charge in [-0.05, 0) is 48.4 Å². The van der Waals surface area contributed by atoms with Gasteiger partial charge in [-0.2, -0.15) is 5.26 Å². The number of benzene rings is 3. The van der Waals surface area contributed by atoms with Gasteiger partial charge in [-0.3, -0.25) is 9.59 Å². The molecule has 0 fully saturated rings. The van der Waals surface area contributed by atoms with E-state index in [4.69, 9.17) is 0 Å². The third-order valence-electron chi connectivity index (χ3n) is 5.07. The lowest BCUT2D eigenvalue weighted by Crippen LogP contribution is -2.20. The van der Waals surface area contributed by atoms with Crippen LogP contribution in [0.25, 0.3) is 5.57 Å². The van der Waals surface area contributed by atoms with E-state index in [0.717, 1.165) is 16.7 Å². The Morgan fingerprint density at radius 1 is 0.935 bits per heavy atom. The highest BCUT2D eigenvalue weighted by atomic mass is 16.2. The fraction of sp³-hybridized carbons (Fsp3) is 0.0769. The number of amides is 2. The van der Waals surface area contributed by atoms with Crippen molar-refractivity contribution in [3.05, 3.63) is 107 Å². The number of carbonyl (C=O) groups excluding carboxylic acids is 2. The van der Waals surface area contributed by atoms with Crippen molar-refractivity contribution in [2.24, 2.45) is 10.9 Å². The quantitative estimate of drug-likeness (QED) is 0.677. The predicted molar refractivity (Wildman–Crippen MR) is 121 cm³/mol. The molecule has 5 heteroatoms. The Morgan fingerprint density at radius 3 is 2.23 bits per heavy atom. The van der Waals surface area contributed by atoms with Crippen molar-refractivity contribution < 1.29 is 9.59 Å². The highest BCUT2D eigenvalue weighted by Gasteiger charge is 2.28. The summed E-state index contributed by atoms with van der Waals surface area (Å²) in [6.45, 7) is 1.98. The SMILES string of the molecule is Cc1ccc(C2=CC(c3ccc(NC(=O)c4ccccc4)cc3)=NC(=O)C2C#N)cc1. The molecule has 0 bridgehead atoms. The van der Waals surface area contributed by atoms with Crippen LogP contribution in [-0.2, 0) is 4.79 Å². The minimum atomic E-state index is -0.920. The van der Waals surface area contributed by atoms with Crippen LogP contribution in [0, 0.1) is 24.2 Å². The normalized spacial score (nSPS) is 15.5. The molecule has 3 aromatic carbocycles. The average Bonchev–Trinajstić information content (AvgIpc) is 2.80. The summed E-state index contributed by atoms with van der Waals surface area (Å²) in [5, 5.41) is 12.3. The standard InChI is InChI=1S/C26H19N3O2/c1-17-7-9-18(10-8-17)22-15-24(29-26(31)23(22)16-27)19-11-13-21(14-12-19)28-25(30)20-5-3-2-4-6-20/h2-15,23H,1H3,(H,28,30). The lowest BCUT2D eigenvalue weighted by Gasteiger charge is -2.18. The van der Waals surface area contributed by atoms with Crippen molar-refractivity contribution in [3.63, 3.8) is 0 Å². The number of nitriles is 1. The molecule has 0 spiro atoms. The summed E-state index contributed by atoms with van der Waals surface area (Å²) in [6.07, 6.45) is 1.79. The number of allylic oxidation sites excluding steroid dienone is 1. The number of hydrogen-bond donors (Lipinski definition) is 1. The lowest BCUT2D eigenvalue weighted by atomic mass is 9.88. The predicted octanol–water partition coefficient (Wildman–Crippen LogP) is 4.80. The van der Waals surface area contributed by atoms with Gasteiger partial charge in [0, 0.05) is 16.8 Å². The van der Waals surface area contributed by atoms with Crippen molar-refractivity contribution >= 4 is 28.8 Å². The van der Waals surface area contributed by atoms with Crippen LogP contribution < -0.4 is 5.32 Å². The molecule has 1 unspecified atom stereocenters. The van der Waals surface area contributed by atoms with Gasteiger partial charge in [-0.15, -0.1) is 0 Å². The first-order valence-electron chi connectivity index (χ1n) is 9.83. The number of hydrogen-bond acceptors (Lipinski definition) is 3. The summed E-state index contributed by atoms with van der Waals surface area (Å²) in [5.41, 5.74) is 4.99. The molecule has 1 aliphatic heterocycles. The highest BCUT2D eigenvalue weighted by Crippen LogP contribution is 2.29. The molecular formula is C26H19N3O2. The molecule has 0 saturated carbocycles. The summed E-state index contributed by atoms with van der Waals surface area (Å²) >= 11 is 0. The fourth-order valence-electron chi connectivity index (χ4n) is 3.36. The average molecular weight is 405 g/mol. The van der Waals surface area contributed by atoms with Crippen LogP contribution in [0.1, 0.15) is 27.0 Å². The first-order chi connectivity index (χ1) is 15.0. The molecule has 0 aromatic heterocycles. The molecule has 0 saturated heterocycles. The molecule has 1 atom stereocenters. The molecule has 1 N–H and O–H groups in total. The number of nitrogens with one attached hydrogen (secondary N) is 1. The van der Waals surface area contributed by atoms with Gasteiger partial charge in [-0.25, -0.2) is 4.99 Å². The summed E-state index contributed by atoms with van der Waals surface area (Å²) < 4.78 is 0. The van der Waals surface area contributed by atoms with Crippen LogP contribution in [0.5, 0.6) is 0 Å². The van der Waals surface area contributed by atoms with E-state index in [2.05, 4.69) is 16.4 Å². The Morgan fingerprint density at radius 2 is 1.58 bits per heavy atom. The number of nitrogens with zero attached hydrogens (tertiary/aromatic N) is 2. The van der Waals surface area contributed by atoms with Crippen LogP contribution in [-0.4, -0.2) is 17.5 Å². The second-order valence-corrected chi connectivity index (χ2v) is 7.26. The van der Waals surface area contributed by atoms with E-state index in [1.165, 1.54) is 0 Å². The Balaban J connectivity index is 1.60. The zero-order valence-electron chi connectivity index (χ0n) is 16.9. The van der Waals surface area contributed by atoms with E-state index < -0.39 is 11.8 Å². The van der Waals surface area contributed by atoms with Crippen molar-refractivity contribution in [2.75, 3.05) is 5.32 Å². The summed E-state index contributed by atoms with van der Waals surface area (Å²) in [6, 6.07) is 25.8. The molecule has 5 nitrogen and oxygen atoms in total. The monoisotopic (exact) mass is 405 g/mol. The van der Waals surface area contributed by atoms with E-state index >= 15 is 0 Å². The maximum atomic E-state index is 12.5. The first kappa shape index (κ1) is 20.0. The highest BCUT2D eigenvalue weighted by molar-refractivity contribution is 6.21. The van der Waals surface area contributed by atoms with Crippen LogP contribution in [0.4, 0.5) is 5.69 Å². The molecule has 4 rings (SSSR count). The molecule has 0 radical (unpaired) electrons. The molecule has 0 aliphatic carbocycles. The summed E-state index contributed by atoms with van der Waals surface area (Å²) in [5.74, 6) is -1.59. The number of dihydropyridines is 1. The zero-order valence-corrected chi connectivity index (χ0v) is 16.9. The lowest BCUT2D eigenvalue weighted by molar-refractivity contribution is -0.118. The minimum absolute atomic E-state index is 0.197. The van der Waals surface area contributed by atoms with Gasteiger partial charge in [-0.1, -0.05) is 60.2 Å². The Labute approximate surface area is 180 Å². The third-order valence-corrected chi connectivity index (χ3v) is 5.07. The van der Waals surface area contributed by atoms with Crippen molar-refractivity contribution in [2.45, 2.75) is 6.92 Å². The van der Waals surface area contributed by atoms with Gasteiger partial charge in [0.15, 0.2) is 5.92 Å². The van der Waals surface area contributed by atoms with Gasteiger partial charge < -0.3 is 5.32 Å². The van der Waals surface area contributed by atoms with Gasteiger partial charge in [0.05, 0.1) is 11.8 Å². The number of carbonyl (C=O) groups is 2. The molecule has 2 amide bonds. The van der Waals surface area contributed by atoms with Gasteiger partial charge in [0.25, 0.3) is 11.8 Å². The van der Waals surface area contributed by atoms with E-state index in [0.29, 0.717) is 22.5 Å². The minimum Gasteiger partial charge on any atom is -0.322 e. The maximum Gasteiger partial charge on any atom is 0.268 e. The van der Waals surface area contributed by atoms with Gasteiger partial charge >= 0.3 is 0 Å². The van der Waals surface area contributed by atoms with Crippen LogP contribution >= 0.6 is 0 Å². The number of aryl methyl sites for hydroxylation is 1. The van der Waals surface area contributed by atoms with E-state index in [9.17, 15) is 14.9 Å². The molecular weight excluding hydrogens is 386 g/mol. The van der Waals surface area contributed by atoms with Crippen molar-refractivity contribution in [1.29, 1.82) is 5.26 Å². The number of aliphatic imine (C=N–C) groups is 1. The third kappa shape index (κ3) is 4.34. The number of anilines is 1. The van der Waals surface area contributed by atoms with Gasteiger partial charge in [0.2, 0.25) is 0 Å². The Hall–Kier alpha value is -4.30. The Kier molecular flexibility index (Phi) is 5.55.